The first kappa shape index (κ1) is 11.5. The summed E-state index contributed by atoms with van der Waals surface area (Å²) in [7, 11) is 0. The van der Waals surface area contributed by atoms with E-state index in [1.54, 1.807) is 12.1 Å². The van der Waals surface area contributed by atoms with Crippen molar-refractivity contribution in [2.45, 2.75) is 24.4 Å². The monoisotopic (exact) mass is 246 g/mol. The van der Waals surface area contributed by atoms with Crippen LogP contribution in [0.5, 0.6) is 0 Å². The van der Waals surface area contributed by atoms with E-state index in [-0.39, 0.29) is 10.9 Å². The maximum Gasteiger partial charge on any atom is 0.416 e. The van der Waals surface area contributed by atoms with Crippen LogP contribution in [0.15, 0.2) is 30.3 Å². The van der Waals surface area contributed by atoms with Crippen molar-refractivity contribution in [3.8, 4) is 0 Å². The van der Waals surface area contributed by atoms with Crippen LogP contribution in [0.25, 0.3) is 5.57 Å². The molecule has 0 fully saturated rings. The largest absolute Gasteiger partial charge is 0.416 e. The Morgan fingerprint density at radius 2 is 1.88 bits per heavy atom. The van der Waals surface area contributed by atoms with Crippen LogP contribution in [0, 0.1) is 0 Å². The SMILES string of the molecule is FC(F)(F)c1ccccc1C1=CC(Cl)CC1. The lowest BCUT2D eigenvalue weighted by Gasteiger charge is -2.13. The summed E-state index contributed by atoms with van der Waals surface area (Å²) in [5, 5.41) is -0.142. The van der Waals surface area contributed by atoms with Crippen LogP contribution in [-0.2, 0) is 6.18 Å². The van der Waals surface area contributed by atoms with Gasteiger partial charge in [0.25, 0.3) is 0 Å². The predicted molar refractivity (Wildman–Crippen MR) is 58.3 cm³/mol. The van der Waals surface area contributed by atoms with E-state index < -0.39 is 11.7 Å². The van der Waals surface area contributed by atoms with Gasteiger partial charge in [0.15, 0.2) is 0 Å². The van der Waals surface area contributed by atoms with Gasteiger partial charge in [-0.3, -0.25) is 0 Å². The van der Waals surface area contributed by atoms with Crippen LogP contribution in [0.2, 0.25) is 0 Å². The zero-order valence-corrected chi connectivity index (χ0v) is 9.15. The minimum Gasteiger partial charge on any atom is -0.166 e. The number of alkyl halides is 4. The molecule has 0 saturated heterocycles. The second-order valence-corrected chi connectivity index (χ2v) is 4.35. The average molecular weight is 247 g/mol. The molecule has 0 radical (unpaired) electrons. The van der Waals surface area contributed by atoms with Crippen molar-refractivity contribution in [3.63, 3.8) is 0 Å². The highest BCUT2D eigenvalue weighted by Crippen LogP contribution is 2.39. The summed E-state index contributed by atoms with van der Waals surface area (Å²) in [6.45, 7) is 0. The van der Waals surface area contributed by atoms with Crippen molar-refractivity contribution in [3.05, 3.63) is 41.5 Å². The van der Waals surface area contributed by atoms with Crippen molar-refractivity contribution in [2.75, 3.05) is 0 Å². The van der Waals surface area contributed by atoms with Crippen LogP contribution >= 0.6 is 11.6 Å². The molecule has 1 unspecified atom stereocenters. The molecular formula is C12H10ClF3. The van der Waals surface area contributed by atoms with Crippen molar-refractivity contribution < 1.29 is 13.2 Å². The third-order valence-corrected chi connectivity index (χ3v) is 2.99. The first-order valence-corrected chi connectivity index (χ1v) is 5.43. The molecule has 0 amide bonds. The molecular weight excluding hydrogens is 237 g/mol. The van der Waals surface area contributed by atoms with E-state index in [2.05, 4.69) is 0 Å². The molecule has 1 aromatic rings. The number of halogens is 4. The van der Waals surface area contributed by atoms with Crippen LogP contribution in [-0.4, -0.2) is 5.38 Å². The van der Waals surface area contributed by atoms with Gasteiger partial charge < -0.3 is 0 Å². The maximum atomic E-state index is 12.7. The Kier molecular flexibility index (Phi) is 2.98. The van der Waals surface area contributed by atoms with Crippen molar-refractivity contribution >= 4 is 17.2 Å². The summed E-state index contributed by atoms with van der Waals surface area (Å²) < 4.78 is 38.2. The van der Waals surface area contributed by atoms with E-state index in [0.29, 0.717) is 18.4 Å². The Labute approximate surface area is 96.7 Å². The summed E-state index contributed by atoms with van der Waals surface area (Å²) in [5.74, 6) is 0. The van der Waals surface area contributed by atoms with E-state index in [0.717, 1.165) is 6.07 Å². The molecule has 0 N–H and O–H groups in total. The van der Waals surface area contributed by atoms with Gasteiger partial charge in [0.05, 0.1) is 10.9 Å². The van der Waals surface area contributed by atoms with Gasteiger partial charge in [-0.15, -0.1) is 11.6 Å². The number of benzene rings is 1. The quantitative estimate of drug-likeness (QED) is 0.641. The summed E-state index contributed by atoms with van der Waals surface area (Å²) in [6.07, 6.45) is -1.27. The Morgan fingerprint density at radius 1 is 1.19 bits per heavy atom. The van der Waals surface area contributed by atoms with E-state index >= 15 is 0 Å². The van der Waals surface area contributed by atoms with E-state index in [1.165, 1.54) is 12.1 Å². The van der Waals surface area contributed by atoms with Gasteiger partial charge in [0.1, 0.15) is 0 Å². The van der Waals surface area contributed by atoms with E-state index in [1.807, 2.05) is 0 Å². The number of allylic oxidation sites excluding steroid dienone is 2. The molecule has 16 heavy (non-hydrogen) atoms. The molecule has 86 valence electrons. The first-order valence-electron chi connectivity index (χ1n) is 5.00. The first-order chi connectivity index (χ1) is 7.48. The Hall–Kier alpha value is -0.960. The third-order valence-electron chi connectivity index (χ3n) is 2.65. The molecule has 0 heterocycles. The number of hydrogen-bond donors (Lipinski definition) is 0. The summed E-state index contributed by atoms with van der Waals surface area (Å²) >= 11 is 5.87. The molecule has 0 nitrogen and oxygen atoms in total. The van der Waals surface area contributed by atoms with Gasteiger partial charge in [0.2, 0.25) is 0 Å². The normalized spacial score (nSPS) is 21.0. The minimum atomic E-state index is -4.30. The molecule has 0 aromatic heterocycles. The molecule has 1 atom stereocenters. The summed E-state index contributed by atoms with van der Waals surface area (Å²) in [4.78, 5) is 0. The second-order valence-electron chi connectivity index (χ2n) is 3.79. The fourth-order valence-corrected chi connectivity index (χ4v) is 2.17. The molecule has 4 heteroatoms. The maximum absolute atomic E-state index is 12.7. The smallest absolute Gasteiger partial charge is 0.166 e. The minimum absolute atomic E-state index is 0.142. The summed E-state index contributed by atoms with van der Waals surface area (Å²) in [6, 6.07) is 5.63. The molecule has 1 aliphatic carbocycles. The van der Waals surface area contributed by atoms with Gasteiger partial charge in [0, 0.05) is 0 Å². The van der Waals surface area contributed by atoms with Crippen molar-refractivity contribution in [1.82, 2.24) is 0 Å². The molecule has 1 aliphatic rings. The molecule has 0 spiro atoms. The standard InChI is InChI=1S/C12H10ClF3/c13-9-6-5-8(7-9)10-3-1-2-4-11(10)12(14,15)16/h1-4,7,9H,5-6H2. The number of hydrogen-bond acceptors (Lipinski definition) is 0. The van der Waals surface area contributed by atoms with Gasteiger partial charge in [-0.05, 0) is 30.0 Å². The van der Waals surface area contributed by atoms with Crippen LogP contribution in [0.3, 0.4) is 0 Å². The van der Waals surface area contributed by atoms with Crippen LogP contribution < -0.4 is 0 Å². The number of rotatable bonds is 1. The topological polar surface area (TPSA) is 0 Å². The molecule has 0 aliphatic heterocycles. The van der Waals surface area contributed by atoms with Crippen molar-refractivity contribution in [2.24, 2.45) is 0 Å². The highest BCUT2D eigenvalue weighted by atomic mass is 35.5. The third kappa shape index (κ3) is 2.24. The lowest BCUT2D eigenvalue weighted by atomic mass is 9.99. The lowest BCUT2D eigenvalue weighted by molar-refractivity contribution is -0.137. The Bertz CT molecular complexity index is 421. The zero-order chi connectivity index (χ0) is 11.8. The fourth-order valence-electron chi connectivity index (χ4n) is 1.91. The Balaban J connectivity index is 2.45. The van der Waals surface area contributed by atoms with E-state index in [4.69, 9.17) is 11.6 Å². The van der Waals surface area contributed by atoms with Gasteiger partial charge >= 0.3 is 6.18 Å². The van der Waals surface area contributed by atoms with Gasteiger partial charge in [-0.2, -0.15) is 13.2 Å². The van der Waals surface area contributed by atoms with E-state index in [9.17, 15) is 13.2 Å². The van der Waals surface area contributed by atoms with Gasteiger partial charge in [-0.1, -0.05) is 24.3 Å². The zero-order valence-electron chi connectivity index (χ0n) is 8.39. The molecule has 0 saturated carbocycles. The average Bonchev–Trinajstić information content (AvgIpc) is 2.64. The molecule has 0 bridgehead atoms. The van der Waals surface area contributed by atoms with Crippen LogP contribution in [0.1, 0.15) is 24.0 Å². The van der Waals surface area contributed by atoms with Crippen LogP contribution in [0.4, 0.5) is 13.2 Å². The highest BCUT2D eigenvalue weighted by Gasteiger charge is 2.34. The molecule has 2 rings (SSSR count). The Morgan fingerprint density at radius 3 is 2.44 bits per heavy atom. The predicted octanol–water partition coefficient (Wildman–Crippen LogP) is 4.49. The fraction of sp³-hybridized carbons (Fsp3) is 0.333. The highest BCUT2D eigenvalue weighted by molar-refractivity contribution is 6.22. The van der Waals surface area contributed by atoms with Crippen molar-refractivity contribution in [1.29, 1.82) is 0 Å². The summed E-state index contributed by atoms with van der Waals surface area (Å²) in [5.41, 5.74) is 0.387. The molecule has 1 aromatic carbocycles. The lowest BCUT2D eigenvalue weighted by Crippen LogP contribution is -2.08. The van der Waals surface area contributed by atoms with Gasteiger partial charge in [-0.25, -0.2) is 0 Å². The second kappa shape index (κ2) is 4.13.